The minimum Gasteiger partial charge on any atom is -0.356 e. The van der Waals surface area contributed by atoms with Crippen LogP contribution in [0, 0.1) is 0 Å². The van der Waals surface area contributed by atoms with Crippen LogP contribution in [0.4, 0.5) is 24.7 Å². The lowest BCUT2D eigenvalue weighted by molar-refractivity contribution is -0.141. The highest BCUT2D eigenvalue weighted by atomic mass is 19.4. The molecule has 2 aromatic heterocycles. The number of carbonyl (C=O) groups excluding carboxylic acids is 1. The number of pyridine rings is 1. The van der Waals surface area contributed by atoms with Crippen LogP contribution in [-0.4, -0.2) is 33.9 Å². The summed E-state index contributed by atoms with van der Waals surface area (Å²) in [7, 11) is 0. The molecule has 7 nitrogen and oxygen atoms in total. The largest absolute Gasteiger partial charge is 0.433 e. The number of imidazole rings is 1. The van der Waals surface area contributed by atoms with Gasteiger partial charge in [-0.15, -0.1) is 0 Å². The normalized spacial score (nSPS) is 11.9. The Morgan fingerprint density at radius 1 is 1.12 bits per heavy atom. The van der Waals surface area contributed by atoms with Gasteiger partial charge in [0.15, 0.2) is 0 Å². The van der Waals surface area contributed by atoms with Gasteiger partial charge in [0.25, 0.3) is 0 Å². The van der Waals surface area contributed by atoms with E-state index in [1.165, 1.54) is 18.2 Å². The summed E-state index contributed by atoms with van der Waals surface area (Å²) in [5.74, 6) is -0.312. The fraction of sp³-hybridized carbons (Fsp3) is 0.318. The Bertz CT molecular complexity index is 1170. The number of benzene rings is 1. The van der Waals surface area contributed by atoms with Gasteiger partial charge in [-0.3, -0.25) is 4.79 Å². The van der Waals surface area contributed by atoms with Crippen LogP contribution in [0.2, 0.25) is 0 Å². The fourth-order valence-electron chi connectivity index (χ4n) is 3.37. The molecule has 0 saturated carbocycles. The lowest BCUT2D eigenvalue weighted by atomic mass is 10.1. The Labute approximate surface area is 182 Å². The molecule has 0 saturated heterocycles. The van der Waals surface area contributed by atoms with Crippen molar-refractivity contribution in [3.63, 3.8) is 0 Å². The third-order valence-electron chi connectivity index (χ3n) is 4.71. The molecular formula is C22H24F3N5O2. The average molecular weight is 447 g/mol. The van der Waals surface area contributed by atoms with Crippen molar-refractivity contribution in [2.45, 2.75) is 32.9 Å². The Morgan fingerprint density at radius 2 is 1.84 bits per heavy atom. The first-order valence-electron chi connectivity index (χ1n) is 10.3. The van der Waals surface area contributed by atoms with Gasteiger partial charge < -0.3 is 20.2 Å². The van der Waals surface area contributed by atoms with Gasteiger partial charge in [0.05, 0.1) is 16.7 Å². The topological polar surface area (TPSA) is 93.9 Å². The molecule has 0 spiro atoms. The molecule has 0 radical (unpaired) electrons. The minimum atomic E-state index is -4.56. The molecule has 0 fully saturated rings. The van der Waals surface area contributed by atoms with Crippen molar-refractivity contribution in [3.8, 4) is 0 Å². The lowest BCUT2D eigenvalue weighted by Gasteiger charge is -2.25. The number of fused-ring (bicyclic) bond motifs is 1. The van der Waals surface area contributed by atoms with Gasteiger partial charge in [-0.1, -0.05) is 19.9 Å². The van der Waals surface area contributed by atoms with Crippen LogP contribution in [0.25, 0.3) is 17.1 Å². The molecule has 10 heteroatoms. The second kappa shape index (κ2) is 9.71. The molecule has 0 aliphatic rings. The van der Waals surface area contributed by atoms with Crippen molar-refractivity contribution in [2.24, 2.45) is 0 Å². The van der Waals surface area contributed by atoms with E-state index in [2.05, 4.69) is 20.3 Å². The van der Waals surface area contributed by atoms with Crippen molar-refractivity contribution in [2.75, 3.05) is 23.3 Å². The Hall–Kier alpha value is -3.56. The summed E-state index contributed by atoms with van der Waals surface area (Å²) in [4.78, 5) is 34.9. The quantitative estimate of drug-likeness (QED) is 0.442. The van der Waals surface area contributed by atoms with Gasteiger partial charge in [-0.2, -0.15) is 13.2 Å². The number of para-hydroxylation sites is 1. The van der Waals surface area contributed by atoms with Crippen LogP contribution in [0.3, 0.4) is 0 Å². The van der Waals surface area contributed by atoms with Gasteiger partial charge in [0, 0.05) is 24.7 Å². The third-order valence-corrected chi connectivity index (χ3v) is 4.71. The summed E-state index contributed by atoms with van der Waals surface area (Å²) < 4.78 is 39.7. The second-order valence-electron chi connectivity index (χ2n) is 7.22. The Kier molecular flexibility index (Phi) is 7.01. The first-order chi connectivity index (χ1) is 15.2. The molecule has 0 unspecified atom stereocenters. The molecule has 32 heavy (non-hydrogen) atoms. The highest BCUT2D eigenvalue weighted by Gasteiger charge is 2.33. The highest BCUT2D eigenvalue weighted by Crippen LogP contribution is 2.31. The first kappa shape index (κ1) is 23.1. The van der Waals surface area contributed by atoms with Gasteiger partial charge in [0.1, 0.15) is 11.5 Å². The molecular weight excluding hydrogens is 423 g/mol. The number of halogens is 3. The maximum atomic E-state index is 13.2. The Morgan fingerprint density at radius 3 is 2.50 bits per heavy atom. The van der Waals surface area contributed by atoms with Gasteiger partial charge in [-0.05, 0) is 43.2 Å². The number of nitrogens with one attached hydrogen (secondary N) is 3. The van der Waals surface area contributed by atoms with Crippen LogP contribution < -0.4 is 15.9 Å². The predicted octanol–water partition coefficient (Wildman–Crippen LogP) is 4.55. The monoisotopic (exact) mass is 447 g/mol. The Balaban J connectivity index is 1.90. The molecule has 1 aromatic carbocycles. The molecule has 3 rings (SSSR count). The molecule has 0 bridgehead atoms. The fourth-order valence-corrected chi connectivity index (χ4v) is 3.37. The zero-order valence-corrected chi connectivity index (χ0v) is 17.7. The summed E-state index contributed by atoms with van der Waals surface area (Å²) >= 11 is 0. The lowest BCUT2D eigenvalue weighted by Crippen LogP contribution is -2.27. The maximum Gasteiger partial charge on any atom is 0.433 e. The molecule has 0 aliphatic heterocycles. The van der Waals surface area contributed by atoms with Crippen LogP contribution in [0.1, 0.15) is 37.9 Å². The maximum absolute atomic E-state index is 13.2. The molecule has 3 aromatic rings. The SMILES string of the molecule is CCCN(CCC)c1nc(C(F)(F)F)ccc1/C=C/C(=O)Nc1cccc2[nH]c(=O)[nH]c12. The molecule has 2 heterocycles. The van der Waals surface area contributed by atoms with E-state index < -0.39 is 23.5 Å². The summed E-state index contributed by atoms with van der Waals surface area (Å²) in [5.41, 5.74) is 0.427. The van der Waals surface area contributed by atoms with Crippen molar-refractivity contribution in [1.29, 1.82) is 0 Å². The molecule has 170 valence electrons. The van der Waals surface area contributed by atoms with Crippen LogP contribution in [0.15, 0.2) is 41.2 Å². The van der Waals surface area contributed by atoms with E-state index in [0.717, 1.165) is 18.9 Å². The van der Waals surface area contributed by atoms with Crippen LogP contribution in [-0.2, 0) is 11.0 Å². The predicted molar refractivity (Wildman–Crippen MR) is 119 cm³/mol. The summed E-state index contributed by atoms with van der Waals surface area (Å²) in [5, 5.41) is 2.67. The number of hydrogen-bond acceptors (Lipinski definition) is 4. The first-order valence-corrected chi connectivity index (χ1v) is 10.3. The number of anilines is 2. The molecule has 0 aliphatic carbocycles. The number of rotatable bonds is 8. The number of nitrogens with zero attached hydrogens (tertiary/aromatic N) is 2. The van der Waals surface area contributed by atoms with Crippen molar-refractivity contribution in [1.82, 2.24) is 15.0 Å². The number of carbonyl (C=O) groups is 1. The number of H-pyrrole nitrogens is 2. The van der Waals surface area contributed by atoms with Gasteiger partial charge in [-0.25, -0.2) is 9.78 Å². The third kappa shape index (κ3) is 5.37. The van der Waals surface area contributed by atoms with Crippen LogP contribution >= 0.6 is 0 Å². The molecule has 3 N–H and O–H groups in total. The van der Waals surface area contributed by atoms with Gasteiger partial charge >= 0.3 is 11.9 Å². The minimum absolute atomic E-state index is 0.185. The molecule has 1 amide bonds. The standard InChI is InChI=1S/C22H24F3N5O2/c1-3-12-30(13-4-2)20-14(8-10-17(28-20)22(23,24)25)9-11-18(31)26-15-6-5-7-16-19(15)29-21(32)27-16/h5-11H,3-4,12-13H2,1-2H3,(H,26,31)(H2,27,29,32)/b11-9+. The molecule has 0 atom stereocenters. The van der Waals surface area contributed by atoms with E-state index in [4.69, 9.17) is 0 Å². The summed E-state index contributed by atoms with van der Waals surface area (Å²) in [6, 6.07) is 7.22. The smallest absolute Gasteiger partial charge is 0.356 e. The van der Waals surface area contributed by atoms with Gasteiger partial charge in [0.2, 0.25) is 5.91 Å². The van der Waals surface area contributed by atoms with Crippen molar-refractivity contribution in [3.05, 3.63) is 58.1 Å². The number of aromatic amines is 2. The number of aromatic nitrogens is 3. The average Bonchev–Trinajstić information content (AvgIpc) is 3.12. The zero-order chi connectivity index (χ0) is 23.3. The van der Waals surface area contributed by atoms with E-state index in [-0.39, 0.29) is 5.82 Å². The number of alkyl halides is 3. The van der Waals surface area contributed by atoms with E-state index in [0.29, 0.717) is 35.4 Å². The van der Waals surface area contributed by atoms with Crippen molar-refractivity contribution >= 4 is 34.5 Å². The summed E-state index contributed by atoms with van der Waals surface area (Å²) in [6.07, 6.45) is -0.422. The number of hydrogen-bond donors (Lipinski definition) is 3. The van der Waals surface area contributed by atoms with E-state index in [9.17, 15) is 22.8 Å². The number of amides is 1. The second-order valence-corrected chi connectivity index (χ2v) is 7.22. The van der Waals surface area contributed by atoms with E-state index >= 15 is 0 Å². The van der Waals surface area contributed by atoms with E-state index in [1.54, 1.807) is 23.1 Å². The highest BCUT2D eigenvalue weighted by molar-refractivity contribution is 6.06. The van der Waals surface area contributed by atoms with Crippen LogP contribution in [0.5, 0.6) is 0 Å². The zero-order valence-electron chi connectivity index (χ0n) is 17.7. The van der Waals surface area contributed by atoms with Crippen molar-refractivity contribution < 1.29 is 18.0 Å². The summed E-state index contributed by atoms with van der Waals surface area (Å²) in [6.45, 7) is 4.95. The van der Waals surface area contributed by atoms with E-state index in [1.807, 2.05) is 13.8 Å².